The Morgan fingerprint density at radius 2 is 1.78 bits per heavy atom. The van der Waals surface area contributed by atoms with Crippen molar-refractivity contribution in [2.75, 3.05) is 19.6 Å². The monoisotopic (exact) mass is 404 g/mol. The Morgan fingerprint density at radius 3 is 2.44 bits per heavy atom. The number of hydrogen-bond donors (Lipinski definition) is 0. The van der Waals surface area contributed by atoms with Gasteiger partial charge in [0.15, 0.2) is 0 Å². The predicted octanol–water partition coefficient (Wildman–Crippen LogP) is 4.30. The van der Waals surface area contributed by atoms with Crippen LogP contribution in [-0.2, 0) is 10.0 Å². The lowest BCUT2D eigenvalue weighted by molar-refractivity contribution is 0.375. The molecule has 0 atom stereocenters. The topological polar surface area (TPSA) is 42.3 Å². The van der Waals surface area contributed by atoms with E-state index < -0.39 is 15.8 Å². The highest BCUT2D eigenvalue weighted by Gasteiger charge is 2.26. The molecule has 7 heteroatoms. The molecule has 2 aromatic carbocycles. The predicted molar refractivity (Wildman–Crippen MR) is 106 cm³/mol. The number of fused-ring (bicyclic) bond motifs is 1. The Labute approximate surface area is 162 Å². The molecule has 0 N–H and O–H groups in total. The van der Waals surface area contributed by atoms with E-state index in [1.54, 1.807) is 18.3 Å². The van der Waals surface area contributed by atoms with Gasteiger partial charge in [0.25, 0.3) is 10.0 Å². The zero-order valence-corrected chi connectivity index (χ0v) is 16.3. The molecule has 0 saturated carbocycles. The number of para-hydroxylation sites is 1. The number of aromatic nitrogens is 1. The van der Waals surface area contributed by atoms with Gasteiger partial charge >= 0.3 is 0 Å². The first-order chi connectivity index (χ1) is 12.9. The van der Waals surface area contributed by atoms with Crippen molar-refractivity contribution in [1.82, 2.24) is 8.87 Å². The Hall–Kier alpha value is -2.15. The van der Waals surface area contributed by atoms with E-state index in [1.165, 1.54) is 16.1 Å². The SMILES string of the molecule is CCN1CC(Cl)=C(c2cn(S(=O)(=O)c3ccc(F)cc3)c3ccccc23)C1. The van der Waals surface area contributed by atoms with Crippen LogP contribution in [0.1, 0.15) is 12.5 Å². The summed E-state index contributed by atoms with van der Waals surface area (Å²) < 4.78 is 40.8. The highest BCUT2D eigenvalue weighted by molar-refractivity contribution is 7.90. The molecule has 27 heavy (non-hydrogen) atoms. The third-order valence-electron chi connectivity index (χ3n) is 4.89. The molecular weight excluding hydrogens is 387 g/mol. The summed E-state index contributed by atoms with van der Waals surface area (Å²) in [7, 11) is -3.86. The fraction of sp³-hybridized carbons (Fsp3) is 0.200. The molecule has 0 amide bonds. The van der Waals surface area contributed by atoms with Gasteiger partial charge in [-0.2, -0.15) is 0 Å². The summed E-state index contributed by atoms with van der Waals surface area (Å²) >= 11 is 6.48. The van der Waals surface area contributed by atoms with Crippen LogP contribution in [-0.4, -0.2) is 36.9 Å². The zero-order valence-electron chi connectivity index (χ0n) is 14.7. The number of nitrogens with zero attached hydrogens (tertiary/aromatic N) is 2. The summed E-state index contributed by atoms with van der Waals surface area (Å²) in [4.78, 5) is 2.23. The highest BCUT2D eigenvalue weighted by atomic mass is 35.5. The number of halogens is 2. The van der Waals surface area contributed by atoms with Gasteiger partial charge in [0.05, 0.1) is 10.4 Å². The minimum atomic E-state index is -3.86. The van der Waals surface area contributed by atoms with Crippen molar-refractivity contribution in [3.63, 3.8) is 0 Å². The molecule has 0 radical (unpaired) electrons. The van der Waals surface area contributed by atoms with Crippen molar-refractivity contribution in [3.8, 4) is 0 Å². The average Bonchev–Trinajstić information content (AvgIpc) is 3.22. The molecule has 0 aliphatic carbocycles. The van der Waals surface area contributed by atoms with E-state index in [4.69, 9.17) is 11.6 Å². The maximum atomic E-state index is 13.2. The first-order valence-electron chi connectivity index (χ1n) is 8.63. The molecule has 0 unspecified atom stereocenters. The number of rotatable bonds is 4. The van der Waals surface area contributed by atoms with Gasteiger partial charge in [-0.05, 0) is 42.4 Å². The van der Waals surface area contributed by atoms with Crippen molar-refractivity contribution in [3.05, 3.63) is 71.1 Å². The minimum absolute atomic E-state index is 0.0397. The first-order valence-corrected chi connectivity index (χ1v) is 10.4. The van der Waals surface area contributed by atoms with Crippen molar-refractivity contribution < 1.29 is 12.8 Å². The second-order valence-electron chi connectivity index (χ2n) is 6.50. The molecule has 4 nitrogen and oxygen atoms in total. The van der Waals surface area contributed by atoms with E-state index in [2.05, 4.69) is 11.8 Å². The maximum absolute atomic E-state index is 13.2. The van der Waals surface area contributed by atoms with Gasteiger partial charge in [0.1, 0.15) is 5.82 Å². The molecule has 3 aromatic rings. The second-order valence-corrected chi connectivity index (χ2v) is 8.77. The summed E-state index contributed by atoms with van der Waals surface area (Å²) in [5.74, 6) is -0.477. The standard InChI is InChI=1S/C20H18ClFN2O2S/c1-2-23-11-18(19(21)13-23)17-12-24(20-6-4-3-5-16(17)20)27(25,26)15-9-7-14(22)8-10-15/h3-10,12H,2,11,13H2,1H3. The van der Waals surface area contributed by atoms with E-state index in [1.807, 2.05) is 12.1 Å². The number of hydrogen-bond acceptors (Lipinski definition) is 3. The largest absolute Gasteiger partial charge is 0.294 e. The smallest absolute Gasteiger partial charge is 0.268 e. The van der Waals surface area contributed by atoms with Gasteiger partial charge in [-0.1, -0.05) is 36.7 Å². The summed E-state index contributed by atoms with van der Waals surface area (Å²) in [6.45, 7) is 4.28. The third kappa shape index (κ3) is 3.08. The van der Waals surface area contributed by atoms with Crippen LogP contribution in [0.15, 0.2) is 64.7 Å². The fourth-order valence-electron chi connectivity index (χ4n) is 3.42. The van der Waals surface area contributed by atoms with Gasteiger partial charge in [-0.25, -0.2) is 16.8 Å². The number of benzene rings is 2. The Morgan fingerprint density at radius 1 is 1.07 bits per heavy atom. The molecule has 140 valence electrons. The molecule has 0 spiro atoms. The van der Waals surface area contributed by atoms with Crippen LogP contribution >= 0.6 is 11.6 Å². The second kappa shape index (κ2) is 6.78. The number of likely N-dealkylation sites (N-methyl/N-ethyl adjacent to an activating group) is 1. The van der Waals surface area contributed by atoms with Crippen molar-refractivity contribution in [1.29, 1.82) is 0 Å². The van der Waals surface area contributed by atoms with E-state index in [0.29, 0.717) is 18.6 Å². The van der Waals surface area contributed by atoms with Crippen LogP contribution < -0.4 is 0 Å². The zero-order chi connectivity index (χ0) is 19.2. The molecule has 1 aliphatic heterocycles. The molecule has 4 rings (SSSR count). The van der Waals surface area contributed by atoms with Crippen LogP contribution in [0.25, 0.3) is 16.5 Å². The molecular formula is C20H18ClFN2O2S. The van der Waals surface area contributed by atoms with Gasteiger partial charge < -0.3 is 0 Å². The summed E-state index contributed by atoms with van der Waals surface area (Å²) in [6.07, 6.45) is 1.63. The van der Waals surface area contributed by atoms with Gasteiger partial charge in [0, 0.05) is 35.3 Å². The van der Waals surface area contributed by atoms with Gasteiger partial charge in [0.2, 0.25) is 0 Å². The minimum Gasteiger partial charge on any atom is -0.294 e. The quantitative estimate of drug-likeness (QED) is 0.651. The average molecular weight is 405 g/mol. The third-order valence-corrected chi connectivity index (χ3v) is 6.93. The highest BCUT2D eigenvalue weighted by Crippen LogP contribution is 2.36. The first kappa shape index (κ1) is 18.2. The maximum Gasteiger partial charge on any atom is 0.268 e. The summed E-state index contributed by atoms with van der Waals surface area (Å²) in [5.41, 5.74) is 2.34. The van der Waals surface area contributed by atoms with E-state index >= 15 is 0 Å². The van der Waals surface area contributed by atoms with Crippen molar-refractivity contribution in [2.24, 2.45) is 0 Å². The Kier molecular flexibility index (Phi) is 4.58. The van der Waals surface area contributed by atoms with Gasteiger partial charge in [-0.3, -0.25) is 4.90 Å². The lowest BCUT2D eigenvalue weighted by Crippen LogP contribution is -2.20. The van der Waals surface area contributed by atoms with Crippen LogP contribution in [0.2, 0.25) is 0 Å². The normalized spacial score (nSPS) is 15.8. The Bertz CT molecular complexity index is 1150. The van der Waals surface area contributed by atoms with Crippen LogP contribution in [0.5, 0.6) is 0 Å². The van der Waals surface area contributed by atoms with E-state index in [0.717, 1.165) is 40.2 Å². The summed E-state index contributed by atoms with van der Waals surface area (Å²) in [5, 5.41) is 1.56. The molecule has 1 aromatic heterocycles. The molecule has 0 saturated heterocycles. The van der Waals surface area contributed by atoms with Crippen LogP contribution in [0.3, 0.4) is 0 Å². The molecule has 2 heterocycles. The fourth-order valence-corrected chi connectivity index (χ4v) is 5.12. The van der Waals surface area contributed by atoms with E-state index in [9.17, 15) is 12.8 Å². The van der Waals surface area contributed by atoms with Crippen LogP contribution in [0.4, 0.5) is 4.39 Å². The molecule has 0 bridgehead atoms. The van der Waals surface area contributed by atoms with E-state index in [-0.39, 0.29) is 4.90 Å². The van der Waals surface area contributed by atoms with Crippen LogP contribution in [0, 0.1) is 5.82 Å². The molecule has 1 aliphatic rings. The molecule has 0 fully saturated rings. The lowest BCUT2D eigenvalue weighted by atomic mass is 10.1. The van der Waals surface area contributed by atoms with Gasteiger partial charge in [-0.15, -0.1) is 0 Å². The Balaban J connectivity index is 1.91. The summed E-state index contributed by atoms with van der Waals surface area (Å²) in [6, 6.07) is 12.2. The van der Waals surface area contributed by atoms with Crippen molar-refractivity contribution >= 4 is 38.1 Å². The van der Waals surface area contributed by atoms with Crippen molar-refractivity contribution in [2.45, 2.75) is 11.8 Å². The lowest BCUT2D eigenvalue weighted by Gasteiger charge is -2.11.